The van der Waals surface area contributed by atoms with Gasteiger partial charge in [0, 0.05) is 19.3 Å². The highest BCUT2D eigenvalue weighted by atomic mass is 32.1. The number of aromatic nitrogens is 3. The van der Waals surface area contributed by atoms with E-state index in [1.54, 1.807) is 18.6 Å². The van der Waals surface area contributed by atoms with Crippen molar-refractivity contribution in [3.05, 3.63) is 76.6 Å². The molecule has 1 aliphatic heterocycles. The highest BCUT2D eigenvalue weighted by Crippen LogP contribution is 2.36. The van der Waals surface area contributed by atoms with Gasteiger partial charge in [0.2, 0.25) is 0 Å². The Morgan fingerprint density at radius 3 is 2.72 bits per heavy atom. The Kier molecular flexibility index (Phi) is 4.44. The number of amides is 1. The van der Waals surface area contributed by atoms with Crippen LogP contribution in [0.25, 0.3) is 10.2 Å². The summed E-state index contributed by atoms with van der Waals surface area (Å²) in [6, 6.07) is 14.0. The average Bonchev–Trinajstić information content (AvgIpc) is 3.11. The van der Waals surface area contributed by atoms with Crippen LogP contribution < -0.4 is 10.2 Å². The van der Waals surface area contributed by atoms with Crippen molar-refractivity contribution >= 4 is 39.1 Å². The molecule has 3 aromatic heterocycles. The Balaban J connectivity index is 1.51. The van der Waals surface area contributed by atoms with Crippen LogP contribution in [0.3, 0.4) is 0 Å². The summed E-state index contributed by atoms with van der Waals surface area (Å²) >= 11 is 1.40. The predicted octanol–water partition coefficient (Wildman–Crippen LogP) is 4.21. The lowest BCUT2D eigenvalue weighted by Crippen LogP contribution is -2.31. The first-order valence-corrected chi connectivity index (χ1v) is 10.3. The van der Waals surface area contributed by atoms with E-state index in [9.17, 15) is 4.79 Å². The van der Waals surface area contributed by atoms with Gasteiger partial charge >= 0.3 is 0 Å². The second-order valence-corrected chi connectivity index (χ2v) is 8.04. The van der Waals surface area contributed by atoms with Crippen LogP contribution in [-0.2, 0) is 13.0 Å². The molecule has 0 fully saturated rings. The monoisotopic (exact) mass is 401 g/mol. The summed E-state index contributed by atoms with van der Waals surface area (Å²) in [7, 11) is 0. The molecule has 4 aromatic rings. The Labute approximate surface area is 172 Å². The number of aryl methyl sites for hydroxylation is 1. The quantitative estimate of drug-likeness (QED) is 0.557. The molecule has 0 saturated carbocycles. The van der Waals surface area contributed by atoms with Crippen molar-refractivity contribution in [3.63, 3.8) is 0 Å². The average molecular weight is 401 g/mol. The van der Waals surface area contributed by atoms with Crippen molar-refractivity contribution in [1.82, 2.24) is 15.0 Å². The van der Waals surface area contributed by atoms with Crippen LogP contribution in [0.2, 0.25) is 0 Å². The van der Waals surface area contributed by atoms with E-state index in [0.29, 0.717) is 10.7 Å². The number of carbonyl (C=O) groups is 1. The number of pyridine rings is 1. The van der Waals surface area contributed by atoms with Crippen LogP contribution in [0.1, 0.15) is 26.4 Å². The number of anilines is 2. The summed E-state index contributed by atoms with van der Waals surface area (Å²) in [5.41, 5.74) is 3.63. The van der Waals surface area contributed by atoms with Crippen LogP contribution in [0, 0.1) is 6.92 Å². The Bertz CT molecular complexity index is 1200. The molecule has 29 heavy (non-hydrogen) atoms. The minimum absolute atomic E-state index is 0.167. The normalized spacial score (nSPS) is 13.3. The molecule has 7 heteroatoms. The summed E-state index contributed by atoms with van der Waals surface area (Å²) in [4.78, 5) is 29.8. The van der Waals surface area contributed by atoms with Gasteiger partial charge in [-0.3, -0.25) is 4.79 Å². The third-order valence-electron chi connectivity index (χ3n) is 5.25. The number of benzene rings is 1. The molecular formula is C22H19N5OS. The van der Waals surface area contributed by atoms with Crippen LogP contribution >= 0.6 is 11.3 Å². The molecular weight excluding hydrogens is 382 g/mol. The van der Waals surface area contributed by atoms with Crippen molar-refractivity contribution in [2.45, 2.75) is 19.9 Å². The van der Waals surface area contributed by atoms with E-state index in [1.165, 1.54) is 22.5 Å². The Morgan fingerprint density at radius 1 is 1.07 bits per heavy atom. The number of fused-ring (bicyclic) bond motifs is 2. The third-order valence-corrected chi connectivity index (χ3v) is 6.45. The second-order valence-electron chi connectivity index (χ2n) is 7.04. The molecule has 0 radical (unpaired) electrons. The Morgan fingerprint density at radius 2 is 1.90 bits per heavy atom. The molecule has 4 heterocycles. The fraction of sp³-hybridized carbons (Fsp3) is 0.182. The molecule has 0 bridgehead atoms. The SMILES string of the molecule is Cc1c(C(=O)Nc2ccccn2)sc2ncnc(N3CCc4ccccc4C3)c12. The third kappa shape index (κ3) is 3.23. The van der Waals surface area contributed by atoms with Gasteiger partial charge in [-0.1, -0.05) is 30.3 Å². The van der Waals surface area contributed by atoms with Gasteiger partial charge < -0.3 is 10.2 Å². The number of thiophene rings is 1. The van der Waals surface area contributed by atoms with Crippen molar-refractivity contribution < 1.29 is 4.79 Å². The van der Waals surface area contributed by atoms with E-state index in [2.05, 4.69) is 49.4 Å². The van der Waals surface area contributed by atoms with Gasteiger partial charge in [0.25, 0.3) is 5.91 Å². The van der Waals surface area contributed by atoms with E-state index in [-0.39, 0.29) is 5.91 Å². The van der Waals surface area contributed by atoms with Gasteiger partial charge in [0.1, 0.15) is 22.8 Å². The zero-order valence-electron chi connectivity index (χ0n) is 15.9. The van der Waals surface area contributed by atoms with Crippen LogP contribution in [0.15, 0.2) is 55.0 Å². The first-order chi connectivity index (χ1) is 14.2. The zero-order valence-corrected chi connectivity index (χ0v) is 16.7. The van der Waals surface area contributed by atoms with Crippen LogP contribution in [0.5, 0.6) is 0 Å². The molecule has 1 N–H and O–H groups in total. The maximum Gasteiger partial charge on any atom is 0.267 e. The fourth-order valence-corrected chi connectivity index (χ4v) is 4.83. The molecule has 5 rings (SSSR count). The summed E-state index contributed by atoms with van der Waals surface area (Å²) < 4.78 is 0. The van der Waals surface area contributed by atoms with Crippen molar-refractivity contribution in [1.29, 1.82) is 0 Å². The van der Waals surface area contributed by atoms with Crippen LogP contribution in [-0.4, -0.2) is 27.4 Å². The molecule has 144 valence electrons. The molecule has 0 atom stereocenters. The second kappa shape index (κ2) is 7.25. The maximum absolute atomic E-state index is 12.9. The molecule has 0 unspecified atom stereocenters. The summed E-state index contributed by atoms with van der Waals surface area (Å²) in [6.07, 6.45) is 4.23. The number of rotatable bonds is 3. The maximum atomic E-state index is 12.9. The van der Waals surface area contributed by atoms with Crippen molar-refractivity contribution in [3.8, 4) is 0 Å². The summed E-state index contributed by atoms with van der Waals surface area (Å²) in [6.45, 7) is 3.68. The summed E-state index contributed by atoms with van der Waals surface area (Å²) in [5.74, 6) is 1.27. The molecule has 6 nitrogen and oxygen atoms in total. The molecule has 1 amide bonds. The molecule has 1 aliphatic rings. The van der Waals surface area contributed by atoms with Crippen molar-refractivity contribution in [2.24, 2.45) is 0 Å². The van der Waals surface area contributed by atoms with Crippen LogP contribution in [0.4, 0.5) is 11.6 Å². The van der Waals surface area contributed by atoms with Gasteiger partial charge in [-0.05, 0) is 42.2 Å². The number of hydrogen-bond donors (Lipinski definition) is 1. The minimum Gasteiger partial charge on any atom is -0.351 e. The number of carbonyl (C=O) groups excluding carboxylic acids is 1. The highest BCUT2D eigenvalue weighted by molar-refractivity contribution is 7.20. The first kappa shape index (κ1) is 17.8. The van der Waals surface area contributed by atoms with Gasteiger partial charge in [0.05, 0.1) is 10.3 Å². The van der Waals surface area contributed by atoms with E-state index in [0.717, 1.165) is 41.1 Å². The lowest BCUT2D eigenvalue weighted by Gasteiger charge is -2.30. The lowest BCUT2D eigenvalue weighted by molar-refractivity contribution is 0.102. The standard InChI is InChI=1S/C22H19N5OS/c1-14-18-20(27-11-9-15-6-2-3-7-16(15)12-27)24-13-25-22(18)29-19(14)21(28)26-17-8-4-5-10-23-17/h2-8,10,13H,9,11-12H2,1H3,(H,23,26,28). The molecule has 1 aromatic carbocycles. The van der Waals surface area contributed by atoms with Crippen molar-refractivity contribution in [2.75, 3.05) is 16.8 Å². The van der Waals surface area contributed by atoms with Gasteiger partial charge in [-0.2, -0.15) is 0 Å². The van der Waals surface area contributed by atoms with E-state index in [1.807, 2.05) is 19.1 Å². The van der Waals surface area contributed by atoms with E-state index >= 15 is 0 Å². The van der Waals surface area contributed by atoms with Gasteiger partial charge in [-0.25, -0.2) is 15.0 Å². The van der Waals surface area contributed by atoms with Gasteiger partial charge in [0.15, 0.2) is 0 Å². The van der Waals surface area contributed by atoms with Gasteiger partial charge in [-0.15, -0.1) is 11.3 Å². The lowest BCUT2D eigenvalue weighted by atomic mass is 9.99. The minimum atomic E-state index is -0.167. The number of nitrogens with one attached hydrogen (secondary N) is 1. The van der Waals surface area contributed by atoms with E-state index < -0.39 is 0 Å². The van der Waals surface area contributed by atoms with E-state index in [4.69, 9.17) is 0 Å². The fourth-order valence-electron chi connectivity index (χ4n) is 3.80. The Hall–Kier alpha value is -3.32. The smallest absolute Gasteiger partial charge is 0.267 e. The topological polar surface area (TPSA) is 71.0 Å². The molecule has 0 saturated heterocycles. The molecule has 0 aliphatic carbocycles. The molecule has 0 spiro atoms. The summed E-state index contributed by atoms with van der Waals surface area (Å²) in [5, 5.41) is 3.83. The zero-order chi connectivity index (χ0) is 19.8. The first-order valence-electron chi connectivity index (χ1n) is 9.49. The largest absolute Gasteiger partial charge is 0.351 e. The predicted molar refractivity (Wildman–Crippen MR) is 116 cm³/mol. The highest BCUT2D eigenvalue weighted by Gasteiger charge is 2.24. The number of hydrogen-bond acceptors (Lipinski definition) is 6. The number of nitrogens with zero attached hydrogens (tertiary/aromatic N) is 4.